The molecule has 0 radical (unpaired) electrons. The molecule has 0 aliphatic carbocycles. The van der Waals surface area contributed by atoms with Crippen molar-refractivity contribution in [3.05, 3.63) is 0 Å². The molecule has 0 heterocycles. The third kappa shape index (κ3) is 72.4. The van der Waals surface area contributed by atoms with Crippen LogP contribution in [0.2, 0.25) is 0 Å². The third-order valence-corrected chi connectivity index (χ3v) is 8.52. The van der Waals surface area contributed by atoms with Gasteiger partial charge in [-0.25, -0.2) is 0 Å². The fraction of sp³-hybridized carbons (Fsp3) is 0.844. The Balaban J connectivity index is -0.000000107. The summed E-state index contributed by atoms with van der Waals surface area (Å²) in [6.07, 6.45) is 5.31. The van der Waals surface area contributed by atoms with Gasteiger partial charge in [0.05, 0.1) is 17.8 Å². The maximum Gasteiger partial charge on any atom is 0.306 e. The summed E-state index contributed by atoms with van der Waals surface area (Å²) in [4.78, 5) is 70.6. The molecule has 0 spiro atoms. The molecule has 0 aliphatic rings. The van der Waals surface area contributed by atoms with Crippen molar-refractivity contribution in [1.29, 1.82) is 0 Å². The number of carboxylic acid groups (broad SMARTS) is 7. The van der Waals surface area contributed by atoms with E-state index in [0.717, 1.165) is 32.1 Å². The molecule has 14 heteroatoms. The van der Waals surface area contributed by atoms with Crippen molar-refractivity contribution in [3.8, 4) is 0 Å². The van der Waals surface area contributed by atoms with Crippen molar-refractivity contribution in [3.63, 3.8) is 0 Å². The molecule has 0 amide bonds. The van der Waals surface area contributed by atoms with Gasteiger partial charge in [0.25, 0.3) is 0 Å². The van der Waals surface area contributed by atoms with Crippen LogP contribution in [0.5, 0.6) is 0 Å². The molecule has 59 heavy (non-hydrogen) atoms. The van der Waals surface area contributed by atoms with Crippen LogP contribution in [0.4, 0.5) is 0 Å². The number of carboxylic acids is 7. The summed E-state index contributed by atoms with van der Waals surface area (Å²) in [5, 5.41) is 58.1. The summed E-state index contributed by atoms with van der Waals surface area (Å²) in [7, 11) is 0. The molecule has 0 fully saturated rings. The Morgan fingerprint density at radius 1 is 0.407 bits per heavy atom. The normalized spacial score (nSPS) is 12.2. The molecule has 0 rings (SSSR count). The van der Waals surface area contributed by atoms with Crippen molar-refractivity contribution in [2.45, 2.75) is 182 Å². The molecule has 354 valence electrons. The predicted molar refractivity (Wildman–Crippen MR) is 236 cm³/mol. The van der Waals surface area contributed by atoms with E-state index < -0.39 is 41.8 Å². The zero-order valence-corrected chi connectivity index (χ0v) is 40.2. The maximum atomic E-state index is 10.4. The van der Waals surface area contributed by atoms with E-state index in [2.05, 4.69) is 13.8 Å². The zero-order chi connectivity index (χ0) is 48.8. The van der Waals surface area contributed by atoms with Crippen molar-refractivity contribution < 1.29 is 69.3 Å². The minimum atomic E-state index is -0.713. The Bertz CT molecular complexity index is 1080. The van der Waals surface area contributed by atoms with Crippen LogP contribution in [0.15, 0.2) is 0 Å². The first kappa shape index (κ1) is 69.9. The Hall–Kier alpha value is -3.71. The van der Waals surface area contributed by atoms with Crippen LogP contribution in [-0.2, 0) is 33.6 Å². The topological polar surface area (TPSA) is 261 Å². The largest absolute Gasteiger partial charge is 0.481 e. The van der Waals surface area contributed by atoms with E-state index in [4.69, 9.17) is 35.7 Å². The molecular weight excluding hydrogens is 764 g/mol. The van der Waals surface area contributed by atoms with Crippen LogP contribution >= 0.6 is 0 Å². The molecule has 4 unspecified atom stereocenters. The summed E-state index contributed by atoms with van der Waals surface area (Å²) >= 11 is 0. The van der Waals surface area contributed by atoms with Crippen molar-refractivity contribution >= 4 is 41.8 Å². The first-order valence-electron chi connectivity index (χ1n) is 21.2. The Kier molecular flexibility index (Phi) is 51.9. The standard InChI is InChI=1S/4C7H14O2.2C6H12O2.C5H10O2/c1-5(2)6(3)4-7(8)9;1-5(2)4-6(3)7(8)9;1-6(2)4-3-5-7(8)9;1-4-6(5(2)3)7(8)9;1-5(2)3-4-6(7)8;1-4(2)5(3)6(7)8;1-4(2)3-5(6)7/h2*5-6H,4H2,1-3H3,(H,8,9);6H,3-5H2,1-2H3,(H,8,9);5-6H,4H2,1-3H3,(H,8,9);5H,3-4H2,1-2H3,(H,7,8);4-5H,1-3H3,(H,7,8);4H,3H2,1-2H3,(H,6,7). The molecule has 0 aliphatic heterocycles. The van der Waals surface area contributed by atoms with Gasteiger partial charge < -0.3 is 35.7 Å². The van der Waals surface area contributed by atoms with Gasteiger partial charge in [-0.3, -0.25) is 33.6 Å². The zero-order valence-electron chi connectivity index (χ0n) is 40.2. The number of carbonyl (C=O) groups is 7. The minimum Gasteiger partial charge on any atom is -0.481 e. The third-order valence-electron chi connectivity index (χ3n) is 8.52. The van der Waals surface area contributed by atoms with Gasteiger partial charge in [0, 0.05) is 25.7 Å². The fourth-order valence-electron chi connectivity index (χ4n) is 3.96. The summed E-state index contributed by atoms with van der Waals surface area (Å²) in [6, 6.07) is 0. The second-order valence-electron chi connectivity index (χ2n) is 17.7. The summed E-state index contributed by atoms with van der Waals surface area (Å²) in [6.45, 7) is 35.1. The van der Waals surface area contributed by atoms with Gasteiger partial charge in [-0.2, -0.15) is 0 Å². The molecule has 4 atom stereocenters. The second kappa shape index (κ2) is 43.9. The highest BCUT2D eigenvalue weighted by molar-refractivity contribution is 5.70. The number of aliphatic carboxylic acids is 7. The highest BCUT2D eigenvalue weighted by Crippen LogP contribution is 2.14. The molecule has 7 N–H and O–H groups in total. The van der Waals surface area contributed by atoms with Gasteiger partial charge in [-0.05, 0) is 73.0 Å². The molecule has 0 saturated carbocycles. The van der Waals surface area contributed by atoms with E-state index in [9.17, 15) is 33.6 Å². The van der Waals surface area contributed by atoms with Crippen LogP contribution in [0, 0.1) is 65.1 Å². The smallest absolute Gasteiger partial charge is 0.306 e. The molecule has 14 nitrogen and oxygen atoms in total. The number of hydrogen-bond donors (Lipinski definition) is 7. The minimum absolute atomic E-state index is 0.162. The van der Waals surface area contributed by atoms with Gasteiger partial charge in [-0.15, -0.1) is 0 Å². The van der Waals surface area contributed by atoms with Crippen LogP contribution in [-0.4, -0.2) is 77.5 Å². The second-order valence-corrected chi connectivity index (χ2v) is 17.7. The number of rotatable bonds is 20. The molecule has 0 saturated heterocycles. The van der Waals surface area contributed by atoms with E-state index in [-0.39, 0.29) is 48.3 Å². The monoisotopic (exact) mass is 855 g/mol. The SMILES string of the molecule is CC(C)C(C)C(=O)O.CC(C)C(C)CC(=O)O.CC(C)CC(=O)O.CC(C)CC(C)C(=O)O.CC(C)CCC(=O)O.CC(C)CCCC(=O)O.CCC(C(=O)O)C(C)C. The lowest BCUT2D eigenvalue weighted by molar-refractivity contribution is -0.144. The van der Waals surface area contributed by atoms with Crippen LogP contribution in [0.1, 0.15) is 182 Å². The highest BCUT2D eigenvalue weighted by Gasteiger charge is 2.18. The van der Waals surface area contributed by atoms with Crippen LogP contribution in [0.3, 0.4) is 0 Å². The number of hydrogen-bond acceptors (Lipinski definition) is 7. The lowest BCUT2D eigenvalue weighted by Gasteiger charge is -2.12. The molecule has 0 aromatic rings. The van der Waals surface area contributed by atoms with Crippen molar-refractivity contribution in [2.75, 3.05) is 0 Å². The molecule has 0 aromatic carbocycles. The Labute approximate surface area is 358 Å². The Morgan fingerprint density at radius 3 is 0.915 bits per heavy atom. The van der Waals surface area contributed by atoms with Crippen LogP contribution in [0.25, 0.3) is 0 Å². The van der Waals surface area contributed by atoms with E-state index >= 15 is 0 Å². The highest BCUT2D eigenvalue weighted by atomic mass is 16.4. The van der Waals surface area contributed by atoms with Crippen LogP contribution < -0.4 is 0 Å². The maximum absolute atomic E-state index is 10.4. The summed E-state index contributed by atoms with van der Waals surface area (Å²) < 4.78 is 0. The van der Waals surface area contributed by atoms with Gasteiger partial charge >= 0.3 is 41.8 Å². The summed E-state index contributed by atoms with van der Waals surface area (Å²) in [5.74, 6) is -2.27. The lowest BCUT2D eigenvalue weighted by Crippen LogP contribution is -2.18. The first-order valence-corrected chi connectivity index (χ1v) is 21.2. The molecule has 0 aromatic heterocycles. The predicted octanol–water partition coefficient (Wildman–Crippen LogP) is 11.1. The van der Waals surface area contributed by atoms with Crippen molar-refractivity contribution in [2.24, 2.45) is 65.1 Å². The van der Waals surface area contributed by atoms with Crippen molar-refractivity contribution in [1.82, 2.24) is 0 Å². The van der Waals surface area contributed by atoms with Gasteiger partial charge in [0.15, 0.2) is 0 Å². The summed E-state index contributed by atoms with van der Waals surface area (Å²) in [5.41, 5.74) is 0. The quantitative estimate of drug-likeness (QED) is 0.0601. The van der Waals surface area contributed by atoms with E-state index in [1.54, 1.807) is 13.8 Å². The fourth-order valence-corrected chi connectivity index (χ4v) is 3.96. The van der Waals surface area contributed by atoms with E-state index in [1.165, 1.54) is 0 Å². The van der Waals surface area contributed by atoms with Gasteiger partial charge in [0.2, 0.25) is 0 Å². The Morgan fingerprint density at radius 2 is 0.814 bits per heavy atom. The molecule has 0 bridgehead atoms. The first-order chi connectivity index (χ1) is 26.6. The van der Waals surface area contributed by atoms with E-state index in [0.29, 0.717) is 42.4 Å². The average Bonchev–Trinajstić information content (AvgIpc) is 3.03. The van der Waals surface area contributed by atoms with Gasteiger partial charge in [0.1, 0.15) is 0 Å². The van der Waals surface area contributed by atoms with Gasteiger partial charge in [-0.1, -0.05) is 131 Å². The lowest BCUT2D eigenvalue weighted by atomic mass is 9.94. The molecular formula is C45H90O14. The average molecular weight is 855 g/mol. The van der Waals surface area contributed by atoms with E-state index in [1.807, 2.05) is 96.9 Å².